The van der Waals surface area contributed by atoms with E-state index in [1.54, 1.807) is 0 Å². The molecular weight excluding hydrogens is 314 g/mol. The molecule has 0 bridgehead atoms. The Morgan fingerprint density at radius 1 is 1.25 bits per heavy atom. The zero-order chi connectivity index (χ0) is 14.1. The van der Waals surface area contributed by atoms with E-state index in [0.29, 0.717) is 11.6 Å². The maximum Gasteiger partial charge on any atom is 0.151 e. The zero-order valence-corrected chi connectivity index (χ0v) is 12.9. The van der Waals surface area contributed by atoms with E-state index >= 15 is 0 Å². The molecule has 3 rings (SSSR count). The topological polar surface area (TPSA) is 20.3 Å². The van der Waals surface area contributed by atoms with E-state index in [1.807, 2.05) is 18.2 Å². The van der Waals surface area contributed by atoms with E-state index in [9.17, 15) is 4.79 Å². The van der Waals surface area contributed by atoms with Crippen molar-refractivity contribution in [3.05, 3.63) is 58.1 Å². The fourth-order valence-electron chi connectivity index (χ4n) is 2.84. The first-order valence-electron chi connectivity index (χ1n) is 6.82. The molecule has 0 saturated heterocycles. The summed E-state index contributed by atoms with van der Waals surface area (Å²) in [6.07, 6.45) is 3.15. The van der Waals surface area contributed by atoms with Gasteiger partial charge >= 0.3 is 0 Å². The number of aryl methyl sites for hydroxylation is 1. The molecule has 1 heterocycles. The molecule has 0 fully saturated rings. The third-order valence-electron chi connectivity index (χ3n) is 3.91. The molecule has 0 aliphatic carbocycles. The highest BCUT2D eigenvalue weighted by atomic mass is 79.9. The number of hydrogen-bond acceptors (Lipinski definition) is 2. The van der Waals surface area contributed by atoms with Crippen molar-refractivity contribution in [3.63, 3.8) is 0 Å². The van der Waals surface area contributed by atoms with Crippen LogP contribution in [0.15, 0.2) is 46.9 Å². The van der Waals surface area contributed by atoms with Gasteiger partial charge in [0.2, 0.25) is 0 Å². The Morgan fingerprint density at radius 2 is 2.05 bits per heavy atom. The summed E-state index contributed by atoms with van der Waals surface area (Å²) in [5.41, 5.74) is 4.48. The third kappa shape index (κ3) is 2.27. The van der Waals surface area contributed by atoms with Crippen LogP contribution in [0, 0.1) is 0 Å². The van der Waals surface area contributed by atoms with Crippen molar-refractivity contribution in [1.29, 1.82) is 0 Å². The van der Waals surface area contributed by atoms with Crippen LogP contribution < -0.4 is 4.90 Å². The zero-order valence-electron chi connectivity index (χ0n) is 11.3. The van der Waals surface area contributed by atoms with Crippen molar-refractivity contribution in [2.24, 2.45) is 0 Å². The fraction of sp³-hybridized carbons (Fsp3) is 0.235. The number of fused-ring (bicyclic) bond motifs is 1. The second-order valence-corrected chi connectivity index (χ2v) is 6.06. The molecule has 0 radical (unpaired) electrons. The summed E-state index contributed by atoms with van der Waals surface area (Å²) in [4.78, 5) is 13.3. The lowest BCUT2D eigenvalue weighted by Gasteiger charge is -2.37. The predicted octanol–water partition coefficient (Wildman–Crippen LogP) is 4.73. The Balaban J connectivity index is 2.09. The second-order valence-electron chi connectivity index (χ2n) is 5.21. The monoisotopic (exact) mass is 329 g/mol. The summed E-state index contributed by atoms with van der Waals surface area (Å²) in [7, 11) is 0. The van der Waals surface area contributed by atoms with Gasteiger partial charge in [0.25, 0.3) is 0 Å². The number of carbonyl (C=O) groups is 1. The molecule has 1 unspecified atom stereocenters. The molecule has 2 aromatic rings. The molecule has 0 amide bonds. The van der Waals surface area contributed by atoms with Gasteiger partial charge in [-0.2, -0.15) is 0 Å². The van der Waals surface area contributed by atoms with Crippen LogP contribution in [0.25, 0.3) is 0 Å². The minimum Gasteiger partial charge on any atom is -0.338 e. The Morgan fingerprint density at radius 3 is 2.80 bits per heavy atom. The van der Waals surface area contributed by atoms with Crippen molar-refractivity contribution in [2.45, 2.75) is 25.8 Å². The van der Waals surface area contributed by atoms with E-state index in [-0.39, 0.29) is 0 Å². The second kappa shape index (κ2) is 5.41. The maximum atomic E-state index is 10.9. The van der Waals surface area contributed by atoms with E-state index in [2.05, 4.69) is 52.0 Å². The number of aldehydes is 1. The SMILES string of the molecule is CC1CCc2ccccc2N1c1ccc(C=O)c(Br)c1. The fourth-order valence-corrected chi connectivity index (χ4v) is 3.30. The van der Waals surface area contributed by atoms with Crippen molar-refractivity contribution in [1.82, 2.24) is 0 Å². The summed E-state index contributed by atoms with van der Waals surface area (Å²) in [6.45, 7) is 2.25. The number of para-hydroxylation sites is 1. The number of benzene rings is 2. The number of carbonyl (C=O) groups excluding carboxylic acids is 1. The Labute approximate surface area is 127 Å². The Kier molecular flexibility index (Phi) is 3.62. The van der Waals surface area contributed by atoms with Gasteiger partial charge in [0.1, 0.15) is 0 Å². The summed E-state index contributed by atoms with van der Waals surface area (Å²) < 4.78 is 0.847. The first kappa shape index (κ1) is 13.4. The molecule has 2 aromatic carbocycles. The minimum absolute atomic E-state index is 0.457. The lowest BCUT2D eigenvalue weighted by atomic mass is 9.96. The van der Waals surface area contributed by atoms with Gasteiger partial charge in [0.15, 0.2) is 6.29 Å². The average molecular weight is 330 g/mol. The highest BCUT2D eigenvalue weighted by Crippen LogP contribution is 2.37. The van der Waals surface area contributed by atoms with Crippen molar-refractivity contribution >= 4 is 33.6 Å². The molecule has 0 saturated carbocycles. The Bertz CT molecular complexity index is 653. The quantitative estimate of drug-likeness (QED) is 0.742. The third-order valence-corrected chi connectivity index (χ3v) is 4.60. The number of nitrogens with zero attached hydrogens (tertiary/aromatic N) is 1. The van der Waals surface area contributed by atoms with Crippen molar-refractivity contribution in [2.75, 3.05) is 4.90 Å². The van der Waals surface area contributed by atoms with Gasteiger partial charge in [-0.05, 0) is 65.5 Å². The van der Waals surface area contributed by atoms with Crippen LogP contribution in [-0.4, -0.2) is 12.3 Å². The van der Waals surface area contributed by atoms with Crippen molar-refractivity contribution < 1.29 is 4.79 Å². The first-order chi connectivity index (χ1) is 9.70. The number of halogens is 1. The molecule has 0 aromatic heterocycles. The Hall–Kier alpha value is -1.61. The van der Waals surface area contributed by atoms with Gasteiger partial charge in [-0.1, -0.05) is 18.2 Å². The predicted molar refractivity (Wildman–Crippen MR) is 85.9 cm³/mol. The van der Waals surface area contributed by atoms with Crippen LogP contribution in [0.3, 0.4) is 0 Å². The van der Waals surface area contributed by atoms with Crippen LogP contribution in [0.2, 0.25) is 0 Å². The molecule has 2 nitrogen and oxygen atoms in total. The molecule has 1 aliphatic rings. The van der Waals surface area contributed by atoms with Gasteiger partial charge in [-0.3, -0.25) is 4.79 Å². The van der Waals surface area contributed by atoms with Crippen LogP contribution in [-0.2, 0) is 6.42 Å². The molecule has 0 N–H and O–H groups in total. The largest absolute Gasteiger partial charge is 0.338 e. The average Bonchev–Trinajstić information content (AvgIpc) is 2.47. The van der Waals surface area contributed by atoms with Crippen LogP contribution in [0.1, 0.15) is 29.3 Å². The number of hydrogen-bond donors (Lipinski definition) is 0. The van der Waals surface area contributed by atoms with Gasteiger partial charge in [0, 0.05) is 27.5 Å². The van der Waals surface area contributed by atoms with Crippen LogP contribution in [0.5, 0.6) is 0 Å². The number of anilines is 2. The van der Waals surface area contributed by atoms with Gasteiger partial charge in [-0.25, -0.2) is 0 Å². The van der Waals surface area contributed by atoms with Crippen molar-refractivity contribution in [3.8, 4) is 0 Å². The lowest BCUT2D eigenvalue weighted by Crippen LogP contribution is -2.33. The summed E-state index contributed by atoms with van der Waals surface area (Å²) >= 11 is 3.48. The van der Waals surface area contributed by atoms with Gasteiger partial charge < -0.3 is 4.90 Å². The highest BCUT2D eigenvalue weighted by Gasteiger charge is 2.24. The highest BCUT2D eigenvalue weighted by molar-refractivity contribution is 9.10. The maximum absolute atomic E-state index is 10.9. The molecule has 1 aliphatic heterocycles. The van der Waals surface area contributed by atoms with Crippen LogP contribution >= 0.6 is 15.9 Å². The molecule has 1 atom stereocenters. The minimum atomic E-state index is 0.457. The van der Waals surface area contributed by atoms with E-state index in [1.165, 1.54) is 11.3 Å². The normalized spacial score (nSPS) is 17.7. The molecule has 20 heavy (non-hydrogen) atoms. The molecule has 3 heteroatoms. The molecule has 0 spiro atoms. The lowest BCUT2D eigenvalue weighted by molar-refractivity contribution is 0.112. The smallest absolute Gasteiger partial charge is 0.151 e. The van der Waals surface area contributed by atoms with Gasteiger partial charge in [-0.15, -0.1) is 0 Å². The van der Waals surface area contributed by atoms with Gasteiger partial charge in [0.05, 0.1) is 0 Å². The summed E-state index contributed by atoms with van der Waals surface area (Å²) in [5, 5.41) is 0. The van der Waals surface area contributed by atoms with E-state index < -0.39 is 0 Å². The van der Waals surface area contributed by atoms with E-state index in [4.69, 9.17) is 0 Å². The van der Waals surface area contributed by atoms with Crippen LogP contribution in [0.4, 0.5) is 11.4 Å². The molecular formula is C17H16BrNO. The first-order valence-corrected chi connectivity index (χ1v) is 7.62. The summed E-state index contributed by atoms with van der Waals surface area (Å²) in [6, 6.07) is 14.9. The molecule has 102 valence electrons. The number of rotatable bonds is 2. The standard InChI is InChI=1S/C17H16BrNO/c1-12-6-7-13-4-2-3-5-17(13)19(12)15-9-8-14(11-20)16(18)10-15/h2-5,8-12H,6-7H2,1H3. The van der Waals surface area contributed by atoms with E-state index in [0.717, 1.165) is 29.3 Å². The summed E-state index contributed by atoms with van der Waals surface area (Å²) in [5.74, 6) is 0.